The van der Waals surface area contributed by atoms with Crippen LogP contribution >= 0.6 is 0 Å². The highest BCUT2D eigenvalue weighted by molar-refractivity contribution is 5.94. The number of benzene rings is 1. The van der Waals surface area contributed by atoms with Crippen molar-refractivity contribution in [1.29, 1.82) is 0 Å². The lowest BCUT2D eigenvalue weighted by Crippen LogP contribution is -2.24. The van der Waals surface area contributed by atoms with E-state index in [2.05, 4.69) is 10.4 Å². The quantitative estimate of drug-likeness (QED) is 0.680. The number of fused-ring (bicyclic) bond motifs is 1. The Balaban J connectivity index is 1.64. The van der Waals surface area contributed by atoms with Gasteiger partial charge in [0.2, 0.25) is 5.91 Å². The van der Waals surface area contributed by atoms with Gasteiger partial charge in [0.05, 0.1) is 18.7 Å². The summed E-state index contributed by atoms with van der Waals surface area (Å²) in [5.41, 5.74) is 1.09. The number of carbonyl (C=O) groups excluding carboxylic acids is 2. The number of esters is 1. The van der Waals surface area contributed by atoms with Crippen molar-refractivity contribution in [2.45, 2.75) is 19.9 Å². The van der Waals surface area contributed by atoms with E-state index in [9.17, 15) is 14.4 Å². The van der Waals surface area contributed by atoms with Gasteiger partial charge in [0.15, 0.2) is 5.65 Å². The number of nitrogens with zero attached hydrogens (tertiary/aromatic N) is 3. The standard InChI is InChI=1S/C18H18N4O4/c1-2-26-17(24)13-6-5-7-14(12-13)19-16(23)9-11-22-18(25)21-10-4-3-8-15(21)20-22/h3-8,10,12H,2,9,11H2,1H3,(H,19,23). The Morgan fingerprint density at radius 1 is 1.19 bits per heavy atom. The van der Waals surface area contributed by atoms with E-state index in [1.165, 1.54) is 9.08 Å². The van der Waals surface area contributed by atoms with Crippen molar-refractivity contribution in [2.24, 2.45) is 0 Å². The zero-order valence-corrected chi connectivity index (χ0v) is 14.2. The maximum absolute atomic E-state index is 12.2. The normalized spacial score (nSPS) is 10.7. The molecule has 0 aliphatic heterocycles. The van der Waals surface area contributed by atoms with Crippen LogP contribution in [0.1, 0.15) is 23.7 Å². The number of pyridine rings is 1. The molecule has 0 fully saturated rings. The fourth-order valence-corrected chi connectivity index (χ4v) is 2.48. The lowest BCUT2D eigenvalue weighted by atomic mass is 10.2. The molecule has 26 heavy (non-hydrogen) atoms. The van der Waals surface area contributed by atoms with Crippen LogP contribution in [-0.2, 0) is 16.1 Å². The highest BCUT2D eigenvalue weighted by Crippen LogP contribution is 2.12. The van der Waals surface area contributed by atoms with Gasteiger partial charge in [-0.3, -0.25) is 9.20 Å². The van der Waals surface area contributed by atoms with Gasteiger partial charge in [-0.1, -0.05) is 12.1 Å². The minimum Gasteiger partial charge on any atom is -0.462 e. The molecule has 8 heteroatoms. The topological polar surface area (TPSA) is 94.7 Å². The van der Waals surface area contributed by atoms with Crippen LogP contribution in [-0.4, -0.2) is 32.7 Å². The number of aromatic nitrogens is 3. The van der Waals surface area contributed by atoms with Gasteiger partial charge in [0, 0.05) is 18.3 Å². The molecule has 3 rings (SSSR count). The number of rotatable bonds is 6. The van der Waals surface area contributed by atoms with Gasteiger partial charge in [-0.2, -0.15) is 0 Å². The molecule has 0 aliphatic rings. The summed E-state index contributed by atoms with van der Waals surface area (Å²) < 4.78 is 7.61. The Labute approximate surface area is 149 Å². The van der Waals surface area contributed by atoms with Gasteiger partial charge < -0.3 is 10.1 Å². The lowest BCUT2D eigenvalue weighted by Gasteiger charge is -2.07. The largest absolute Gasteiger partial charge is 0.462 e. The second kappa shape index (κ2) is 7.64. The van der Waals surface area contributed by atoms with Gasteiger partial charge in [0.25, 0.3) is 0 Å². The Bertz CT molecular complexity index is 1010. The van der Waals surface area contributed by atoms with E-state index < -0.39 is 5.97 Å². The molecule has 2 aromatic heterocycles. The summed E-state index contributed by atoms with van der Waals surface area (Å²) in [7, 11) is 0. The highest BCUT2D eigenvalue weighted by Gasteiger charge is 2.10. The fraction of sp³-hybridized carbons (Fsp3) is 0.222. The first-order valence-electron chi connectivity index (χ1n) is 8.19. The molecule has 0 aliphatic carbocycles. The summed E-state index contributed by atoms with van der Waals surface area (Å²) >= 11 is 0. The van der Waals surface area contributed by atoms with Crippen molar-refractivity contribution in [3.8, 4) is 0 Å². The third kappa shape index (κ3) is 3.80. The molecular formula is C18H18N4O4. The lowest BCUT2D eigenvalue weighted by molar-refractivity contribution is -0.116. The van der Waals surface area contributed by atoms with E-state index in [4.69, 9.17) is 4.74 Å². The minimum absolute atomic E-state index is 0.0768. The highest BCUT2D eigenvalue weighted by atomic mass is 16.5. The van der Waals surface area contributed by atoms with E-state index in [0.29, 0.717) is 16.9 Å². The van der Waals surface area contributed by atoms with Crippen LogP contribution in [0.2, 0.25) is 0 Å². The third-order valence-electron chi connectivity index (χ3n) is 3.70. The van der Waals surface area contributed by atoms with E-state index >= 15 is 0 Å². The predicted molar refractivity (Wildman–Crippen MR) is 95.1 cm³/mol. The Kier molecular flexibility index (Phi) is 5.12. The molecule has 1 amide bonds. The second-order valence-electron chi connectivity index (χ2n) is 5.53. The fourth-order valence-electron chi connectivity index (χ4n) is 2.48. The molecule has 0 unspecified atom stereocenters. The molecule has 8 nitrogen and oxygen atoms in total. The molecule has 1 aromatic carbocycles. The van der Waals surface area contributed by atoms with Crippen molar-refractivity contribution in [3.63, 3.8) is 0 Å². The van der Waals surface area contributed by atoms with Crippen molar-refractivity contribution >= 4 is 23.2 Å². The molecule has 0 spiro atoms. The van der Waals surface area contributed by atoms with Gasteiger partial charge >= 0.3 is 11.7 Å². The van der Waals surface area contributed by atoms with Crippen molar-refractivity contribution in [2.75, 3.05) is 11.9 Å². The van der Waals surface area contributed by atoms with Crippen LogP contribution in [0.25, 0.3) is 5.65 Å². The molecule has 3 aromatic rings. The molecule has 1 N–H and O–H groups in total. The maximum Gasteiger partial charge on any atom is 0.350 e. The number of ether oxygens (including phenoxy) is 1. The average Bonchev–Trinajstić information content (AvgIpc) is 2.97. The molecule has 0 radical (unpaired) electrons. The Morgan fingerprint density at radius 3 is 2.81 bits per heavy atom. The zero-order valence-electron chi connectivity index (χ0n) is 14.2. The van der Waals surface area contributed by atoms with Gasteiger partial charge in [0.1, 0.15) is 0 Å². The summed E-state index contributed by atoms with van der Waals surface area (Å²) in [5, 5.41) is 6.88. The van der Waals surface area contributed by atoms with E-state index in [1.54, 1.807) is 55.6 Å². The Hall–Kier alpha value is -3.42. The molecule has 2 heterocycles. The molecule has 0 saturated carbocycles. The third-order valence-corrected chi connectivity index (χ3v) is 3.70. The molecular weight excluding hydrogens is 336 g/mol. The number of aryl methyl sites for hydroxylation is 1. The first kappa shape index (κ1) is 17.4. The Morgan fingerprint density at radius 2 is 2.04 bits per heavy atom. The van der Waals surface area contributed by atoms with E-state index in [0.717, 1.165) is 0 Å². The van der Waals surface area contributed by atoms with Gasteiger partial charge in [-0.05, 0) is 37.3 Å². The SMILES string of the molecule is CCOC(=O)c1cccc(NC(=O)CCn2nc3ccccn3c2=O)c1. The summed E-state index contributed by atoms with van der Waals surface area (Å²) in [5.74, 6) is -0.727. The van der Waals surface area contributed by atoms with Crippen LogP contribution in [0.15, 0.2) is 53.5 Å². The van der Waals surface area contributed by atoms with E-state index in [1.807, 2.05) is 0 Å². The summed E-state index contributed by atoms with van der Waals surface area (Å²) in [6.07, 6.45) is 1.70. The summed E-state index contributed by atoms with van der Waals surface area (Å²) in [6, 6.07) is 11.8. The number of anilines is 1. The molecule has 0 atom stereocenters. The first-order valence-corrected chi connectivity index (χ1v) is 8.19. The summed E-state index contributed by atoms with van der Waals surface area (Å²) in [4.78, 5) is 36.0. The number of amides is 1. The van der Waals surface area contributed by atoms with Crippen LogP contribution < -0.4 is 11.0 Å². The molecule has 134 valence electrons. The second-order valence-corrected chi connectivity index (χ2v) is 5.53. The number of carbonyl (C=O) groups is 2. The van der Waals surface area contributed by atoms with Crippen LogP contribution in [0.5, 0.6) is 0 Å². The number of nitrogens with one attached hydrogen (secondary N) is 1. The smallest absolute Gasteiger partial charge is 0.350 e. The van der Waals surface area contributed by atoms with E-state index in [-0.39, 0.29) is 31.2 Å². The predicted octanol–water partition coefficient (Wildman–Crippen LogP) is 1.70. The monoisotopic (exact) mass is 354 g/mol. The average molecular weight is 354 g/mol. The molecule has 0 bridgehead atoms. The van der Waals surface area contributed by atoms with Crippen molar-refractivity contribution < 1.29 is 14.3 Å². The van der Waals surface area contributed by atoms with Crippen LogP contribution in [0.3, 0.4) is 0 Å². The van der Waals surface area contributed by atoms with Gasteiger partial charge in [-0.25, -0.2) is 14.3 Å². The van der Waals surface area contributed by atoms with Gasteiger partial charge in [-0.15, -0.1) is 5.10 Å². The van der Waals surface area contributed by atoms with Crippen LogP contribution in [0, 0.1) is 0 Å². The van der Waals surface area contributed by atoms with Crippen molar-refractivity contribution in [3.05, 3.63) is 64.7 Å². The number of hydrogen-bond donors (Lipinski definition) is 1. The van der Waals surface area contributed by atoms with Crippen LogP contribution in [0.4, 0.5) is 5.69 Å². The summed E-state index contributed by atoms with van der Waals surface area (Å²) in [6.45, 7) is 2.16. The zero-order chi connectivity index (χ0) is 18.5. The maximum atomic E-state index is 12.2. The first-order chi connectivity index (χ1) is 12.6. The molecule has 0 saturated heterocycles. The number of hydrogen-bond acceptors (Lipinski definition) is 5. The van der Waals surface area contributed by atoms with Crippen molar-refractivity contribution in [1.82, 2.24) is 14.2 Å². The minimum atomic E-state index is -0.445.